The molecule has 1 N–H and O–H groups in total. The van der Waals surface area contributed by atoms with Crippen molar-refractivity contribution in [1.29, 1.82) is 0 Å². The third kappa shape index (κ3) is 8.25. The lowest BCUT2D eigenvalue weighted by Gasteiger charge is -2.32. The third-order valence-electron chi connectivity index (χ3n) is 5.71. The van der Waals surface area contributed by atoms with Crippen molar-refractivity contribution in [2.24, 2.45) is 0 Å². The molecular weight excluding hydrogens is 459 g/mol. The highest BCUT2D eigenvalue weighted by Gasteiger charge is 2.30. The molecular formula is C29H33FN2O2S. The van der Waals surface area contributed by atoms with Crippen LogP contribution < -0.4 is 5.32 Å². The largest absolute Gasteiger partial charge is 0.352 e. The van der Waals surface area contributed by atoms with Crippen molar-refractivity contribution in [2.45, 2.75) is 51.6 Å². The molecule has 0 radical (unpaired) electrons. The minimum absolute atomic E-state index is 0.0565. The predicted octanol–water partition coefficient (Wildman–Crippen LogP) is 5.53. The summed E-state index contributed by atoms with van der Waals surface area (Å²) in [5.74, 6) is 0.315. The molecule has 3 rings (SSSR count). The molecule has 0 saturated carbocycles. The van der Waals surface area contributed by atoms with Crippen LogP contribution in [0, 0.1) is 12.7 Å². The van der Waals surface area contributed by atoms with Gasteiger partial charge in [-0.15, -0.1) is 11.8 Å². The Hall–Kier alpha value is -3.12. The van der Waals surface area contributed by atoms with Crippen LogP contribution in [0.4, 0.5) is 4.39 Å². The number of benzene rings is 3. The Bertz CT molecular complexity index is 1100. The molecule has 0 aliphatic heterocycles. The Morgan fingerprint density at radius 3 is 2.23 bits per heavy atom. The molecule has 0 bridgehead atoms. The van der Waals surface area contributed by atoms with Gasteiger partial charge in [-0.3, -0.25) is 9.59 Å². The molecule has 4 nitrogen and oxygen atoms in total. The lowest BCUT2D eigenvalue weighted by atomic mass is 10.0. The predicted molar refractivity (Wildman–Crippen MR) is 142 cm³/mol. The topological polar surface area (TPSA) is 49.4 Å². The fourth-order valence-corrected chi connectivity index (χ4v) is 4.81. The van der Waals surface area contributed by atoms with E-state index in [1.54, 1.807) is 17.0 Å². The van der Waals surface area contributed by atoms with Crippen molar-refractivity contribution in [3.63, 3.8) is 0 Å². The van der Waals surface area contributed by atoms with Gasteiger partial charge in [0, 0.05) is 24.8 Å². The number of hydrogen-bond donors (Lipinski definition) is 1. The normalized spacial score (nSPS) is 11.8. The van der Waals surface area contributed by atoms with Gasteiger partial charge in [-0.1, -0.05) is 66.7 Å². The maximum absolute atomic E-state index is 13.6. The zero-order valence-electron chi connectivity index (χ0n) is 20.5. The van der Waals surface area contributed by atoms with E-state index in [0.29, 0.717) is 12.2 Å². The van der Waals surface area contributed by atoms with Crippen LogP contribution in [0.25, 0.3) is 0 Å². The fourth-order valence-electron chi connectivity index (χ4n) is 3.82. The van der Waals surface area contributed by atoms with Gasteiger partial charge in [-0.25, -0.2) is 4.39 Å². The SMILES string of the molecule is Cc1ccccc1CSCC(=O)N(Cc1ccc(F)cc1)[C@@H](Cc1ccccc1)C(=O)NC(C)C. The smallest absolute Gasteiger partial charge is 0.243 e. The standard InChI is InChI=1S/C29H33FN2O2S/c1-21(2)31-29(34)27(17-23-10-5-4-6-11-23)32(18-24-13-15-26(30)16-14-24)28(33)20-35-19-25-12-8-7-9-22(25)3/h4-16,21,27H,17-20H2,1-3H3,(H,31,34)/t27-/m0/s1. The quantitative estimate of drug-likeness (QED) is 0.383. The molecule has 3 aromatic carbocycles. The molecule has 2 amide bonds. The van der Waals surface area contributed by atoms with Crippen LogP contribution in [-0.4, -0.2) is 34.6 Å². The summed E-state index contributed by atoms with van der Waals surface area (Å²) < 4.78 is 13.5. The summed E-state index contributed by atoms with van der Waals surface area (Å²) in [4.78, 5) is 28.5. The van der Waals surface area contributed by atoms with Crippen molar-refractivity contribution in [3.8, 4) is 0 Å². The molecule has 184 valence electrons. The molecule has 0 spiro atoms. The second kappa shape index (κ2) is 13.1. The number of hydrogen-bond acceptors (Lipinski definition) is 3. The van der Waals surface area contributed by atoms with Crippen LogP contribution in [0.1, 0.15) is 36.1 Å². The Morgan fingerprint density at radius 1 is 0.914 bits per heavy atom. The van der Waals surface area contributed by atoms with Gasteiger partial charge < -0.3 is 10.2 Å². The molecule has 0 heterocycles. The van der Waals surface area contributed by atoms with Gasteiger partial charge >= 0.3 is 0 Å². The van der Waals surface area contributed by atoms with E-state index in [2.05, 4.69) is 24.4 Å². The Balaban J connectivity index is 1.84. The van der Waals surface area contributed by atoms with E-state index < -0.39 is 6.04 Å². The van der Waals surface area contributed by atoms with Crippen LogP contribution in [0.15, 0.2) is 78.9 Å². The van der Waals surface area contributed by atoms with E-state index in [-0.39, 0.29) is 36.0 Å². The highest BCUT2D eigenvalue weighted by Crippen LogP contribution is 2.20. The van der Waals surface area contributed by atoms with Gasteiger partial charge in [0.1, 0.15) is 11.9 Å². The van der Waals surface area contributed by atoms with Gasteiger partial charge in [-0.05, 0) is 55.2 Å². The first-order chi connectivity index (χ1) is 16.8. The zero-order valence-corrected chi connectivity index (χ0v) is 21.4. The van der Waals surface area contributed by atoms with Gasteiger partial charge in [0.2, 0.25) is 11.8 Å². The van der Waals surface area contributed by atoms with Crippen LogP contribution in [0.3, 0.4) is 0 Å². The summed E-state index contributed by atoms with van der Waals surface area (Å²) in [6.07, 6.45) is 0.398. The number of nitrogens with zero attached hydrogens (tertiary/aromatic N) is 1. The number of nitrogens with one attached hydrogen (secondary N) is 1. The van der Waals surface area contributed by atoms with Crippen LogP contribution in [0.5, 0.6) is 0 Å². The van der Waals surface area contributed by atoms with E-state index >= 15 is 0 Å². The van der Waals surface area contributed by atoms with Crippen molar-refractivity contribution in [3.05, 3.63) is 107 Å². The maximum Gasteiger partial charge on any atom is 0.243 e. The Kier molecular flexibility index (Phi) is 9.91. The number of rotatable bonds is 11. The molecule has 0 aliphatic rings. The van der Waals surface area contributed by atoms with E-state index in [9.17, 15) is 14.0 Å². The second-order valence-corrected chi connectivity index (χ2v) is 9.92. The number of thioether (sulfide) groups is 1. The molecule has 0 fully saturated rings. The van der Waals surface area contributed by atoms with Crippen LogP contribution >= 0.6 is 11.8 Å². The van der Waals surface area contributed by atoms with Crippen molar-refractivity contribution in [1.82, 2.24) is 10.2 Å². The number of aryl methyl sites for hydroxylation is 1. The average molecular weight is 493 g/mol. The van der Waals surface area contributed by atoms with Gasteiger partial charge in [-0.2, -0.15) is 0 Å². The number of carbonyl (C=O) groups excluding carboxylic acids is 2. The van der Waals surface area contributed by atoms with Crippen LogP contribution in [-0.2, 0) is 28.3 Å². The highest BCUT2D eigenvalue weighted by atomic mass is 32.2. The Morgan fingerprint density at radius 2 is 1.57 bits per heavy atom. The van der Waals surface area contributed by atoms with Crippen molar-refractivity contribution >= 4 is 23.6 Å². The Labute approximate surface area is 211 Å². The molecule has 0 aliphatic carbocycles. The lowest BCUT2D eigenvalue weighted by Crippen LogP contribution is -2.52. The number of halogens is 1. The monoisotopic (exact) mass is 492 g/mol. The summed E-state index contributed by atoms with van der Waals surface area (Å²) in [6, 6.07) is 23.2. The molecule has 0 saturated heterocycles. The highest BCUT2D eigenvalue weighted by molar-refractivity contribution is 7.99. The summed E-state index contributed by atoms with van der Waals surface area (Å²) in [5, 5.41) is 2.98. The van der Waals surface area contributed by atoms with E-state index in [1.165, 1.54) is 35.0 Å². The molecule has 0 aromatic heterocycles. The zero-order chi connectivity index (χ0) is 25.2. The first-order valence-corrected chi connectivity index (χ1v) is 13.0. The lowest BCUT2D eigenvalue weighted by molar-refractivity contribution is -0.139. The number of amides is 2. The second-order valence-electron chi connectivity index (χ2n) is 8.94. The average Bonchev–Trinajstić information content (AvgIpc) is 2.84. The van der Waals surface area contributed by atoms with Crippen molar-refractivity contribution in [2.75, 3.05) is 5.75 Å². The summed E-state index contributed by atoms with van der Waals surface area (Å²) in [7, 11) is 0. The van der Waals surface area contributed by atoms with Crippen LogP contribution in [0.2, 0.25) is 0 Å². The number of carbonyl (C=O) groups is 2. The minimum Gasteiger partial charge on any atom is -0.352 e. The first-order valence-electron chi connectivity index (χ1n) is 11.8. The summed E-state index contributed by atoms with van der Waals surface area (Å²) >= 11 is 1.54. The molecule has 3 aromatic rings. The van der Waals surface area contributed by atoms with E-state index in [0.717, 1.165) is 11.1 Å². The molecule has 0 unspecified atom stereocenters. The summed E-state index contributed by atoms with van der Waals surface area (Å²) in [6.45, 7) is 6.10. The molecule has 35 heavy (non-hydrogen) atoms. The molecule has 1 atom stereocenters. The van der Waals surface area contributed by atoms with Gasteiger partial charge in [0.15, 0.2) is 0 Å². The van der Waals surface area contributed by atoms with E-state index in [4.69, 9.17) is 0 Å². The minimum atomic E-state index is -0.684. The van der Waals surface area contributed by atoms with Gasteiger partial charge in [0.05, 0.1) is 5.75 Å². The fraction of sp³-hybridized carbons (Fsp3) is 0.310. The van der Waals surface area contributed by atoms with Gasteiger partial charge in [0.25, 0.3) is 0 Å². The maximum atomic E-state index is 13.6. The first kappa shape index (κ1) is 26.5. The molecule has 6 heteroatoms. The van der Waals surface area contributed by atoms with Crippen molar-refractivity contribution < 1.29 is 14.0 Å². The summed E-state index contributed by atoms with van der Waals surface area (Å²) in [5.41, 5.74) is 4.13. The van der Waals surface area contributed by atoms with E-state index in [1.807, 2.05) is 56.3 Å². The third-order valence-corrected chi connectivity index (χ3v) is 6.68.